The predicted molar refractivity (Wildman–Crippen MR) is 102 cm³/mol. The number of carbonyl (C=O) groups excluding carboxylic acids is 2. The molecule has 3 aromatic rings. The van der Waals surface area contributed by atoms with E-state index in [0.717, 1.165) is 11.3 Å². The van der Waals surface area contributed by atoms with Crippen LogP contribution < -0.4 is 10.6 Å². The van der Waals surface area contributed by atoms with E-state index in [1.807, 2.05) is 30.3 Å². The van der Waals surface area contributed by atoms with Crippen molar-refractivity contribution in [1.82, 2.24) is 20.6 Å². The van der Waals surface area contributed by atoms with Gasteiger partial charge in [-0.2, -0.15) is 0 Å². The Morgan fingerprint density at radius 3 is 2.37 bits per heavy atom. The standard InChI is InChI=1S/C20H17ClN4O2/c21-16-6-4-14(5-7-16)12-24-20(27)18-11-15(8-10-23-18)19(26)25-13-17-3-1-2-9-22-17/h1-11H,12-13H2,(H,24,27)(H,25,26). The maximum Gasteiger partial charge on any atom is 0.270 e. The number of nitrogens with one attached hydrogen (secondary N) is 2. The number of benzene rings is 1. The quantitative estimate of drug-likeness (QED) is 0.688. The van der Waals surface area contributed by atoms with Crippen LogP contribution in [0.25, 0.3) is 0 Å². The molecule has 3 rings (SSSR count). The van der Waals surface area contributed by atoms with Crippen LogP contribution >= 0.6 is 11.6 Å². The summed E-state index contributed by atoms with van der Waals surface area (Å²) in [6.07, 6.45) is 3.10. The second kappa shape index (κ2) is 8.91. The molecule has 0 unspecified atom stereocenters. The minimum atomic E-state index is -0.357. The van der Waals surface area contributed by atoms with E-state index in [0.29, 0.717) is 23.7 Å². The van der Waals surface area contributed by atoms with Crippen molar-refractivity contribution in [2.24, 2.45) is 0 Å². The van der Waals surface area contributed by atoms with Crippen molar-refractivity contribution < 1.29 is 9.59 Å². The Morgan fingerprint density at radius 2 is 1.63 bits per heavy atom. The van der Waals surface area contributed by atoms with Crippen molar-refractivity contribution in [3.8, 4) is 0 Å². The fourth-order valence-corrected chi connectivity index (χ4v) is 2.47. The highest BCUT2D eigenvalue weighted by Crippen LogP contribution is 2.09. The number of hydrogen-bond acceptors (Lipinski definition) is 4. The Hall–Kier alpha value is -3.25. The Balaban J connectivity index is 1.59. The average Bonchev–Trinajstić information content (AvgIpc) is 2.72. The Labute approximate surface area is 161 Å². The molecule has 6 nitrogen and oxygen atoms in total. The van der Waals surface area contributed by atoms with Crippen LogP contribution in [-0.4, -0.2) is 21.8 Å². The van der Waals surface area contributed by atoms with Gasteiger partial charge in [-0.25, -0.2) is 0 Å². The largest absolute Gasteiger partial charge is 0.347 e. The number of carbonyl (C=O) groups is 2. The first-order valence-electron chi connectivity index (χ1n) is 8.28. The second-order valence-corrected chi connectivity index (χ2v) is 6.18. The molecule has 0 radical (unpaired) electrons. The third-order valence-electron chi connectivity index (χ3n) is 3.78. The van der Waals surface area contributed by atoms with Crippen LogP contribution in [0, 0.1) is 0 Å². The van der Waals surface area contributed by atoms with Gasteiger partial charge in [0.05, 0.1) is 12.2 Å². The summed E-state index contributed by atoms with van der Waals surface area (Å²) in [5, 5.41) is 6.18. The van der Waals surface area contributed by atoms with Crippen LogP contribution in [0.5, 0.6) is 0 Å². The molecule has 136 valence electrons. The van der Waals surface area contributed by atoms with E-state index < -0.39 is 0 Å². The molecular formula is C20H17ClN4O2. The lowest BCUT2D eigenvalue weighted by atomic mass is 10.2. The number of nitrogens with zero attached hydrogens (tertiary/aromatic N) is 2. The van der Waals surface area contributed by atoms with Crippen LogP contribution in [0.2, 0.25) is 5.02 Å². The van der Waals surface area contributed by atoms with Crippen LogP contribution in [0.15, 0.2) is 67.0 Å². The van der Waals surface area contributed by atoms with Gasteiger partial charge in [0.25, 0.3) is 11.8 Å². The first kappa shape index (κ1) is 18.5. The highest BCUT2D eigenvalue weighted by molar-refractivity contribution is 6.30. The van der Waals surface area contributed by atoms with Crippen molar-refractivity contribution in [2.75, 3.05) is 0 Å². The minimum absolute atomic E-state index is 0.175. The normalized spacial score (nSPS) is 10.3. The zero-order valence-electron chi connectivity index (χ0n) is 14.4. The molecule has 0 atom stereocenters. The zero-order valence-corrected chi connectivity index (χ0v) is 15.1. The molecule has 0 saturated heterocycles. The maximum atomic E-state index is 12.3. The molecule has 27 heavy (non-hydrogen) atoms. The molecule has 0 saturated carbocycles. The molecule has 0 aliphatic carbocycles. The first-order chi connectivity index (χ1) is 13.1. The smallest absolute Gasteiger partial charge is 0.270 e. The molecule has 2 heterocycles. The molecule has 2 amide bonds. The van der Waals surface area contributed by atoms with Crippen LogP contribution in [0.1, 0.15) is 32.1 Å². The van der Waals surface area contributed by atoms with Gasteiger partial charge in [0.15, 0.2) is 0 Å². The van der Waals surface area contributed by atoms with Gasteiger partial charge in [-0.1, -0.05) is 29.8 Å². The summed E-state index contributed by atoms with van der Waals surface area (Å²) >= 11 is 5.84. The lowest BCUT2D eigenvalue weighted by molar-refractivity contribution is 0.0946. The molecule has 1 aromatic carbocycles. The lowest BCUT2D eigenvalue weighted by Crippen LogP contribution is -2.26. The van der Waals surface area contributed by atoms with E-state index in [1.54, 1.807) is 24.4 Å². The lowest BCUT2D eigenvalue weighted by Gasteiger charge is -2.07. The van der Waals surface area contributed by atoms with E-state index in [-0.39, 0.29) is 17.5 Å². The van der Waals surface area contributed by atoms with E-state index in [1.165, 1.54) is 12.3 Å². The Kier molecular flexibility index (Phi) is 6.12. The summed E-state index contributed by atoms with van der Waals surface area (Å²) < 4.78 is 0. The number of rotatable bonds is 6. The maximum absolute atomic E-state index is 12.3. The van der Waals surface area contributed by atoms with Crippen LogP contribution in [0.3, 0.4) is 0 Å². The monoisotopic (exact) mass is 380 g/mol. The SMILES string of the molecule is O=C(NCc1ccccn1)c1ccnc(C(=O)NCc2ccc(Cl)cc2)c1. The van der Waals surface area contributed by atoms with Crippen molar-refractivity contribution >= 4 is 23.4 Å². The van der Waals surface area contributed by atoms with E-state index in [2.05, 4.69) is 20.6 Å². The fraction of sp³-hybridized carbons (Fsp3) is 0.100. The van der Waals surface area contributed by atoms with E-state index in [9.17, 15) is 9.59 Å². The third-order valence-corrected chi connectivity index (χ3v) is 4.03. The molecule has 7 heteroatoms. The number of halogens is 1. The fourth-order valence-electron chi connectivity index (χ4n) is 2.35. The van der Waals surface area contributed by atoms with Crippen molar-refractivity contribution in [3.63, 3.8) is 0 Å². The summed E-state index contributed by atoms with van der Waals surface area (Å²) in [6, 6.07) is 15.7. The Morgan fingerprint density at radius 1 is 0.852 bits per heavy atom. The second-order valence-electron chi connectivity index (χ2n) is 5.74. The highest BCUT2D eigenvalue weighted by Gasteiger charge is 2.12. The van der Waals surface area contributed by atoms with Gasteiger partial charge in [0.1, 0.15) is 5.69 Å². The molecular weight excluding hydrogens is 364 g/mol. The van der Waals surface area contributed by atoms with Crippen molar-refractivity contribution in [1.29, 1.82) is 0 Å². The summed E-state index contributed by atoms with van der Waals surface area (Å²) in [5.74, 6) is -0.654. The van der Waals surface area contributed by atoms with Crippen LogP contribution in [-0.2, 0) is 13.1 Å². The summed E-state index contributed by atoms with van der Waals surface area (Å²) in [5.41, 5.74) is 2.20. The number of amides is 2. The Bertz CT molecular complexity index is 930. The molecule has 0 aliphatic heterocycles. The zero-order chi connectivity index (χ0) is 19.1. The molecule has 0 spiro atoms. The van der Waals surface area contributed by atoms with E-state index in [4.69, 9.17) is 11.6 Å². The molecule has 0 bridgehead atoms. The number of hydrogen-bond donors (Lipinski definition) is 2. The summed E-state index contributed by atoms with van der Waals surface area (Å²) in [4.78, 5) is 32.8. The van der Waals surface area contributed by atoms with Gasteiger partial charge >= 0.3 is 0 Å². The summed E-state index contributed by atoms with van der Waals surface area (Å²) in [7, 11) is 0. The number of pyridine rings is 2. The average molecular weight is 381 g/mol. The highest BCUT2D eigenvalue weighted by atomic mass is 35.5. The molecule has 2 aromatic heterocycles. The van der Waals surface area contributed by atoms with Gasteiger partial charge in [-0.15, -0.1) is 0 Å². The van der Waals surface area contributed by atoms with E-state index >= 15 is 0 Å². The van der Waals surface area contributed by atoms with Gasteiger partial charge in [-0.3, -0.25) is 19.6 Å². The molecule has 2 N–H and O–H groups in total. The minimum Gasteiger partial charge on any atom is -0.347 e. The van der Waals surface area contributed by atoms with Gasteiger partial charge in [0.2, 0.25) is 0 Å². The van der Waals surface area contributed by atoms with Crippen molar-refractivity contribution in [2.45, 2.75) is 13.1 Å². The predicted octanol–water partition coefficient (Wildman–Crippen LogP) is 2.99. The van der Waals surface area contributed by atoms with Crippen LogP contribution in [0.4, 0.5) is 0 Å². The topological polar surface area (TPSA) is 84.0 Å². The number of aromatic nitrogens is 2. The van der Waals surface area contributed by atoms with Crippen molar-refractivity contribution in [3.05, 3.63) is 94.5 Å². The first-order valence-corrected chi connectivity index (χ1v) is 8.66. The van der Waals surface area contributed by atoms with Gasteiger partial charge in [-0.05, 0) is 42.0 Å². The molecule has 0 fully saturated rings. The van der Waals surface area contributed by atoms with Gasteiger partial charge < -0.3 is 10.6 Å². The summed E-state index contributed by atoms with van der Waals surface area (Å²) in [6.45, 7) is 0.647. The third kappa shape index (κ3) is 5.36. The van der Waals surface area contributed by atoms with Gasteiger partial charge in [0, 0.05) is 29.5 Å². The molecule has 0 aliphatic rings.